The molecular weight excluding hydrogens is 488 g/mol. The second kappa shape index (κ2) is 9.10. The van der Waals surface area contributed by atoms with E-state index >= 15 is 0 Å². The van der Waals surface area contributed by atoms with Gasteiger partial charge in [0.1, 0.15) is 16.6 Å². The quantitative estimate of drug-likeness (QED) is 0.285. The van der Waals surface area contributed by atoms with Gasteiger partial charge in [-0.15, -0.1) is 0 Å². The van der Waals surface area contributed by atoms with Gasteiger partial charge in [0.25, 0.3) is 5.69 Å². The third-order valence-corrected chi connectivity index (χ3v) is 7.39. The molecule has 0 saturated carbocycles. The number of furan rings is 1. The molecule has 1 aliphatic carbocycles. The molecule has 35 heavy (non-hydrogen) atoms. The summed E-state index contributed by atoms with van der Waals surface area (Å²) in [6, 6.07) is 8.42. The molecular formula is C25H25ClN4O4S. The number of allylic oxidation sites excluding steroid dienone is 3. The van der Waals surface area contributed by atoms with Crippen molar-refractivity contribution in [3.8, 4) is 6.07 Å². The van der Waals surface area contributed by atoms with Gasteiger partial charge in [0.15, 0.2) is 10.9 Å². The van der Waals surface area contributed by atoms with Gasteiger partial charge in [-0.2, -0.15) is 5.26 Å². The van der Waals surface area contributed by atoms with Crippen LogP contribution in [-0.2, 0) is 4.79 Å². The van der Waals surface area contributed by atoms with Crippen molar-refractivity contribution in [2.24, 2.45) is 11.1 Å². The highest BCUT2D eigenvalue weighted by molar-refractivity contribution is 7.99. The van der Waals surface area contributed by atoms with Crippen LogP contribution in [0.25, 0.3) is 0 Å². The maximum absolute atomic E-state index is 13.7. The number of carbonyl (C=O) groups is 1. The Labute approximate surface area is 212 Å². The van der Waals surface area contributed by atoms with Gasteiger partial charge in [-0.05, 0) is 42.7 Å². The van der Waals surface area contributed by atoms with Gasteiger partial charge in [0.05, 0.1) is 28.2 Å². The number of benzene rings is 1. The van der Waals surface area contributed by atoms with Gasteiger partial charge in [-0.25, -0.2) is 0 Å². The molecule has 1 atom stereocenters. The van der Waals surface area contributed by atoms with E-state index in [0.29, 0.717) is 40.7 Å². The third kappa shape index (κ3) is 4.32. The first kappa shape index (κ1) is 24.9. The minimum atomic E-state index is -0.677. The minimum Gasteiger partial charge on any atom is -0.455 e. The zero-order valence-electron chi connectivity index (χ0n) is 19.8. The van der Waals surface area contributed by atoms with E-state index in [1.807, 2.05) is 33.8 Å². The second-order valence-corrected chi connectivity index (χ2v) is 11.1. The first-order valence-corrected chi connectivity index (χ1v) is 12.5. The molecule has 0 radical (unpaired) electrons. The summed E-state index contributed by atoms with van der Waals surface area (Å²) >= 11 is 7.54. The Balaban J connectivity index is 2.02. The molecule has 0 saturated heterocycles. The number of halogens is 1. The van der Waals surface area contributed by atoms with Crippen LogP contribution in [0.15, 0.2) is 56.4 Å². The fourth-order valence-electron chi connectivity index (χ4n) is 4.85. The number of nitro benzene ring substituents is 1. The zero-order valence-corrected chi connectivity index (χ0v) is 21.4. The molecule has 0 spiro atoms. The van der Waals surface area contributed by atoms with Crippen LogP contribution in [0, 0.1) is 33.8 Å². The van der Waals surface area contributed by atoms with Crippen molar-refractivity contribution in [3.63, 3.8) is 0 Å². The molecule has 1 aromatic heterocycles. The van der Waals surface area contributed by atoms with E-state index in [1.165, 1.54) is 23.9 Å². The molecule has 2 aromatic rings. The van der Waals surface area contributed by atoms with Crippen LogP contribution in [0.3, 0.4) is 0 Å². The largest absolute Gasteiger partial charge is 0.455 e. The lowest BCUT2D eigenvalue weighted by Gasteiger charge is -2.43. The highest BCUT2D eigenvalue weighted by Gasteiger charge is 2.46. The van der Waals surface area contributed by atoms with Gasteiger partial charge in [0.2, 0.25) is 0 Å². The van der Waals surface area contributed by atoms with Crippen molar-refractivity contribution >= 4 is 40.5 Å². The summed E-state index contributed by atoms with van der Waals surface area (Å²) < 4.78 is 5.91. The number of nitriles is 1. The Bertz CT molecular complexity index is 1350. The summed E-state index contributed by atoms with van der Waals surface area (Å²) in [7, 11) is 0. The molecule has 0 amide bonds. The Morgan fingerprint density at radius 3 is 2.71 bits per heavy atom. The predicted molar refractivity (Wildman–Crippen MR) is 135 cm³/mol. The van der Waals surface area contributed by atoms with Crippen molar-refractivity contribution in [2.45, 2.75) is 51.5 Å². The molecule has 2 heterocycles. The molecule has 1 aliphatic heterocycles. The summed E-state index contributed by atoms with van der Waals surface area (Å²) in [5, 5.41) is 22.4. The number of aryl methyl sites for hydroxylation is 1. The van der Waals surface area contributed by atoms with Crippen LogP contribution < -0.4 is 10.6 Å². The molecule has 1 unspecified atom stereocenters. The molecule has 0 bridgehead atoms. The summed E-state index contributed by atoms with van der Waals surface area (Å²) in [4.78, 5) is 26.2. The van der Waals surface area contributed by atoms with E-state index in [4.69, 9.17) is 21.8 Å². The summed E-state index contributed by atoms with van der Waals surface area (Å²) in [6.45, 7) is 7.81. The number of Topliss-reactive ketones (excluding diaryl/α,β-unsaturated/α-hetero) is 1. The molecule has 2 N–H and O–H groups in total. The number of ketones is 1. The van der Waals surface area contributed by atoms with Gasteiger partial charge < -0.3 is 10.2 Å². The van der Waals surface area contributed by atoms with Crippen molar-refractivity contribution in [3.05, 3.63) is 73.4 Å². The number of nitrogens with zero attached hydrogens (tertiary/aromatic N) is 3. The van der Waals surface area contributed by atoms with Gasteiger partial charge in [-0.3, -0.25) is 19.8 Å². The molecule has 4 rings (SSSR count). The topological polar surface area (TPSA) is 126 Å². The Morgan fingerprint density at radius 2 is 2.09 bits per heavy atom. The van der Waals surface area contributed by atoms with Crippen molar-refractivity contribution in [1.29, 1.82) is 5.26 Å². The highest BCUT2D eigenvalue weighted by atomic mass is 35.5. The van der Waals surface area contributed by atoms with E-state index in [1.54, 1.807) is 11.0 Å². The molecule has 10 heteroatoms. The van der Waals surface area contributed by atoms with E-state index in [2.05, 4.69) is 6.07 Å². The van der Waals surface area contributed by atoms with Crippen LogP contribution in [0.5, 0.6) is 0 Å². The number of anilines is 1. The van der Waals surface area contributed by atoms with Crippen molar-refractivity contribution < 1.29 is 14.1 Å². The van der Waals surface area contributed by atoms with Crippen LogP contribution >= 0.6 is 23.4 Å². The van der Waals surface area contributed by atoms with Crippen LogP contribution in [0.4, 0.5) is 11.4 Å². The predicted octanol–water partition coefficient (Wildman–Crippen LogP) is 6.20. The van der Waals surface area contributed by atoms with Crippen molar-refractivity contribution in [1.82, 2.24) is 0 Å². The number of nitrogens with two attached hydrogens (primary N) is 1. The number of hydrogen-bond acceptors (Lipinski definition) is 8. The Morgan fingerprint density at radius 1 is 1.37 bits per heavy atom. The lowest BCUT2D eigenvalue weighted by molar-refractivity contribution is -0.384. The summed E-state index contributed by atoms with van der Waals surface area (Å²) in [5.41, 5.74) is 8.39. The maximum atomic E-state index is 13.7. The van der Waals surface area contributed by atoms with Gasteiger partial charge in [-0.1, -0.05) is 44.1 Å². The number of thioether (sulfide) groups is 1. The number of carbonyl (C=O) groups excluding carboxylic acids is 1. The smallest absolute Gasteiger partial charge is 0.289 e. The first-order valence-electron chi connectivity index (χ1n) is 11.1. The summed E-state index contributed by atoms with van der Waals surface area (Å²) in [6.07, 6.45) is 0.802. The monoisotopic (exact) mass is 512 g/mol. The number of rotatable bonds is 5. The fraction of sp³-hybridized carbons (Fsp3) is 0.360. The molecule has 8 nitrogen and oxygen atoms in total. The lowest BCUT2D eigenvalue weighted by atomic mass is 9.69. The second-order valence-electron chi connectivity index (χ2n) is 9.41. The van der Waals surface area contributed by atoms with Gasteiger partial charge in [0, 0.05) is 29.3 Å². The lowest BCUT2D eigenvalue weighted by Crippen LogP contribution is -2.42. The van der Waals surface area contributed by atoms with Gasteiger partial charge >= 0.3 is 0 Å². The normalized spacial score (nSPS) is 19.6. The van der Waals surface area contributed by atoms with E-state index in [9.17, 15) is 20.2 Å². The maximum Gasteiger partial charge on any atom is 0.289 e. The number of nitro groups is 1. The summed E-state index contributed by atoms with van der Waals surface area (Å²) in [5.74, 6) is 0.796. The average Bonchev–Trinajstić information content (AvgIpc) is 3.12. The van der Waals surface area contributed by atoms with Crippen LogP contribution in [0.1, 0.15) is 50.9 Å². The molecule has 182 valence electrons. The zero-order chi connectivity index (χ0) is 25.7. The van der Waals surface area contributed by atoms with E-state index < -0.39 is 10.8 Å². The van der Waals surface area contributed by atoms with E-state index in [-0.39, 0.29) is 33.3 Å². The third-order valence-electron chi connectivity index (χ3n) is 6.20. The molecule has 0 fully saturated rings. The Kier molecular flexibility index (Phi) is 6.47. The highest BCUT2D eigenvalue weighted by Crippen LogP contribution is 2.52. The molecule has 1 aromatic carbocycles. The van der Waals surface area contributed by atoms with Crippen molar-refractivity contribution in [2.75, 3.05) is 10.7 Å². The minimum absolute atomic E-state index is 0.0129. The van der Waals surface area contributed by atoms with E-state index in [0.717, 1.165) is 11.3 Å². The van der Waals surface area contributed by atoms with Crippen LogP contribution in [0.2, 0.25) is 5.02 Å². The standard InChI is InChI=1S/C25H25ClN4O4S/c1-5-35-24-15(8-13(2)34-24)21-16(12-27)23(28)29(14-6-7-17(26)18(9-14)30(32)33)19-10-25(3,4)11-20(31)22(19)21/h6-9,21H,5,10-11,28H2,1-4H3. The number of hydrogen-bond donors (Lipinski definition) is 1. The SMILES string of the molecule is CCSc1oc(C)cc1C1C(C#N)=C(N)N(c2ccc(Cl)c([N+](=O)[O-])c2)C2=C1C(=O)CC(C)(C)C2. The van der Waals surface area contributed by atoms with Crippen LogP contribution in [-0.4, -0.2) is 16.5 Å². The Hall–Kier alpha value is -3.22. The first-order chi connectivity index (χ1) is 16.5. The fourth-order valence-corrected chi connectivity index (χ4v) is 5.83. The molecule has 2 aliphatic rings. The average molecular weight is 513 g/mol.